The van der Waals surface area contributed by atoms with Crippen molar-refractivity contribution >= 4 is 0 Å². The fourth-order valence-corrected chi connectivity index (χ4v) is 1.60. The van der Waals surface area contributed by atoms with Crippen LogP contribution >= 0.6 is 0 Å². The first-order valence-electron chi connectivity index (χ1n) is 6.68. The van der Waals surface area contributed by atoms with Gasteiger partial charge in [-0.25, -0.2) is 0 Å². The molecule has 1 aromatic rings. The zero-order chi connectivity index (χ0) is 13.4. The molecule has 0 saturated carbocycles. The van der Waals surface area contributed by atoms with Gasteiger partial charge in [-0.15, -0.1) is 0 Å². The summed E-state index contributed by atoms with van der Waals surface area (Å²) in [7, 11) is 0. The van der Waals surface area contributed by atoms with Gasteiger partial charge in [0.05, 0.1) is 12.7 Å². The quantitative estimate of drug-likeness (QED) is 0.770. The lowest BCUT2D eigenvalue weighted by Crippen LogP contribution is -2.30. The number of hydrogen-bond acceptors (Lipinski definition) is 3. The minimum Gasteiger partial charge on any atom is -0.491 e. The summed E-state index contributed by atoms with van der Waals surface area (Å²) >= 11 is 0. The summed E-state index contributed by atoms with van der Waals surface area (Å²) < 4.78 is 11.0. The molecule has 0 aliphatic heterocycles. The molecule has 1 atom stereocenters. The number of benzene rings is 1. The molecular formula is C15H25NO2. The van der Waals surface area contributed by atoms with E-state index in [1.165, 1.54) is 5.56 Å². The molecule has 0 aliphatic rings. The lowest BCUT2D eigenvalue weighted by molar-refractivity contribution is 0.127. The van der Waals surface area contributed by atoms with Crippen molar-refractivity contribution in [1.82, 2.24) is 5.32 Å². The van der Waals surface area contributed by atoms with Crippen LogP contribution in [-0.4, -0.2) is 25.4 Å². The van der Waals surface area contributed by atoms with E-state index in [1.54, 1.807) is 0 Å². The highest BCUT2D eigenvalue weighted by atomic mass is 16.5. The first-order chi connectivity index (χ1) is 8.61. The second-order valence-electron chi connectivity index (χ2n) is 4.75. The van der Waals surface area contributed by atoms with E-state index in [0.717, 1.165) is 25.5 Å². The van der Waals surface area contributed by atoms with Gasteiger partial charge in [-0.2, -0.15) is 0 Å². The van der Waals surface area contributed by atoms with Crippen molar-refractivity contribution in [2.24, 2.45) is 0 Å². The largest absolute Gasteiger partial charge is 0.491 e. The normalized spacial score (nSPS) is 12.7. The van der Waals surface area contributed by atoms with Crippen molar-refractivity contribution in [1.29, 1.82) is 0 Å². The molecule has 0 spiro atoms. The number of nitrogens with one attached hydrogen (secondary N) is 1. The van der Waals surface area contributed by atoms with Gasteiger partial charge in [0.1, 0.15) is 5.75 Å². The van der Waals surface area contributed by atoms with E-state index in [9.17, 15) is 0 Å². The standard InChI is InChI=1S/C15H25NO2/c1-5-17-11-13(4)16-10-14-6-8-15(9-7-14)18-12(2)3/h6-9,12-13,16H,5,10-11H2,1-4H3. The highest BCUT2D eigenvalue weighted by Gasteiger charge is 2.02. The summed E-state index contributed by atoms with van der Waals surface area (Å²) in [5.74, 6) is 0.927. The molecule has 102 valence electrons. The van der Waals surface area contributed by atoms with Gasteiger partial charge in [0.25, 0.3) is 0 Å². The summed E-state index contributed by atoms with van der Waals surface area (Å²) in [5.41, 5.74) is 1.26. The lowest BCUT2D eigenvalue weighted by Gasteiger charge is -2.14. The van der Waals surface area contributed by atoms with Crippen LogP contribution in [0.5, 0.6) is 5.75 Å². The van der Waals surface area contributed by atoms with Crippen LogP contribution in [0.1, 0.15) is 33.3 Å². The van der Waals surface area contributed by atoms with E-state index in [2.05, 4.69) is 24.4 Å². The van der Waals surface area contributed by atoms with Gasteiger partial charge >= 0.3 is 0 Å². The van der Waals surface area contributed by atoms with Crippen molar-refractivity contribution in [3.05, 3.63) is 29.8 Å². The van der Waals surface area contributed by atoms with E-state index >= 15 is 0 Å². The Kier molecular flexibility index (Phi) is 6.76. The van der Waals surface area contributed by atoms with Crippen molar-refractivity contribution < 1.29 is 9.47 Å². The first kappa shape index (κ1) is 15.0. The predicted molar refractivity (Wildman–Crippen MR) is 75.0 cm³/mol. The maximum Gasteiger partial charge on any atom is 0.119 e. The van der Waals surface area contributed by atoms with Gasteiger partial charge in [-0.05, 0) is 45.4 Å². The Morgan fingerprint density at radius 1 is 1.11 bits per heavy atom. The summed E-state index contributed by atoms with van der Waals surface area (Å²) in [5, 5.41) is 3.43. The zero-order valence-corrected chi connectivity index (χ0v) is 11.9. The first-order valence-corrected chi connectivity index (χ1v) is 6.68. The Labute approximate surface area is 110 Å². The monoisotopic (exact) mass is 251 g/mol. The average molecular weight is 251 g/mol. The highest BCUT2D eigenvalue weighted by molar-refractivity contribution is 5.27. The number of ether oxygens (including phenoxy) is 2. The molecule has 0 fully saturated rings. The molecule has 1 N–H and O–H groups in total. The van der Waals surface area contributed by atoms with E-state index in [0.29, 0.717) is 6.04 Å². The molecule has 0 heterocycles. The van der Waals surface area contributed by atoms with Gasteiger partial charge < -0.3 is 14.8 Å². The summed E-state index contributed by atoms with van der Waals surface area (Å²) in [4.78, 5) is 0. The summed E-state index contributed by atoms with van der Waals surface area (Å²) in [6.45, 7) is 10.6. The van der Waals surface area contributed by atoms with Crippen LogP contribution in [0.2, 0.25) is 0 Å². The van der Waals surface area contributed by atoms with Crippen molar-refractivity contribution in [3.63, 3.8) is 0 Å². The number of rotatable bonds is 8. The summed E-state index contributed by atoms with van der Waals surface area (Å²) in [6, 6.07) is 8.60. The molecular weight excluding hydrogens is 226 g/mol. The smallest absolute Gasteiger partial charge is 0.119 e. The van der Waals surface area contributed by atoms with Crippen LogP contribution < -0.4 is 10.1 Å². The molecule has 0 saturated heterocycles. The molecule has 1 aromatic carbocycles. The maximum atomic E-state index is 5.61. The third-order valence-electron chi connectivity index (χ3n) is 2.52. The Bertz CT molecular complexity index is 322. The van der Waals surface area contributed by atoms with Gasteiger partial charge in [0.2, 0.25) is 0 Å². The molecule has 0 aliphatic carbocycles. The fourth-order valence-electron chi connectivity index (χ4n) is 1.60. The van der Waals surface area contributed by atoms with Crippen LogP contribution in [-0.2, 0) is 11.3 Å². The van der Waals surface area contributed by atoms with Gasteiger partial charge in [0.15, 0.2) is 0 Å². The molecule has 3 nitrogen and oxygen atoms in total. The number of hydrogen-bond donors (Lipinski definition) is 1. The minimum atomic E-state index is 0.222. The Morgan fingerprint density at radius 2 is 1.78 bits per heavy atom. The maximum absolute atomic E-state index is 5.61. The van der Waals surface area contributed by atoms with E-state index < -0.39 is 0 Å². The van der Waals surface area contributed by atoms with Crippen LogP contribution in [0, 0.1) is 0 Å². The Balaban J connectivity index is 2.34. The molecule has 0 radical (unpaired) electrons. The Morgan fingerprint density at radius 3 is 2.33 bits per heavy atom. The molecule has 1 unspecified atom stereocenters. The fraction of sp³-hybridized carbons (Fsp3) is 0.600. The van der Waals surface area contributed by atoms with E-state index in [4.69, 9.17) is 9.47 Å². The Hall–Kier alpha value is -1.06. The van der Waals surface area contributed by atoms with Crippen molar-refractivity contribution in [2.75, 3.05) is 13.2 Å². The molecule has 3 heteroatoms. The molecule has 0 amide bonds. The molecule has 0 aromatic heterocycles. The van der Waals surface area contributed by atoms with Crippen LogP contribution in [0.4, 0.5) is 0 Å². The van der Waals surface area contributed by atoms with E-state index in [-0.39, 0.29) is 6.10 Å². The van der Waals surface area contributed by atoms with Crippen LogP contribution in [0.3, 0.4) is 0 Å². The molecule has 0 bridgehead atoms. The third kappa shape index (κ3) is 6.03. The predicted octanol–water partition coefficient (Wildman–Crippen LogP) is 2.99. The van der Waals surface area contributed by atoms with Gasteiger partial charge in [-0.3, -0.25) is 0 Å². The third-order valence-corrected chi connectivity index (χ3v) is 2.52. The van der Waals surface area contributed by atoms with Gasteiger partial charge in [0, 0.05) is 19.2 Å². The van der Waals surface area contributed by atoms with Crippen molar-refractivity contribution in [3.8, 4) is 5.75 Å². The van der Waals surface area contributed by atoms with E-state index in [1.807, 2.05) is 32.9 Å². The van der Waals surface area contributed by atoms with Crippen molar-refractivity contribution in [2.45, 2.75) is 46.4 Å². The average Bonchev–Trinajstić information content (AvgIpc) is 2.35. The van der Waals surface area contributed by atoms with Crippen LogP contribution in [0.25, 0.3) is 0 Å². The topological polar surface area (TPSA) is 30.5 Å². The SMILES string of the molecule is CCOCC(C)NCc1ccc(OC(C)C)cc1. The molecule has 1 rings (SSSR count). The molecule has 18 heavy (non-hydrogen) atoms. The highest BCUT2D eigenvalue weighted by Crippen LogP contribution is 2.13. The second kappa shape index (κ2) is 8.11. The lowest BCUT2D eigenvalue weighted by atomic mass is 10.2. The zero-order valence-electron chi connectivity index (χ0n) is 11.9. The van der Waals surface area contributed by atoms with Crippen LogP contribution in [0.15, 0.2) is 24.3 Å². The summed E-state index contributed by atoms with van der Waals surface area (Å²) in [6.07, 6.45) is 0.222. The second-order valence-corrected chi connectivity index (χ2v) is 4.75. The minimum absolute atomic E-state index is 0.222. The van der Waals surface area contributed by atoms with Gasteiger partial charge in [-0.1, -0.05) is 12.1 Å².